The van der Waals surface area contributed by atoms with Gasteiger partial charge in [-0.3, -0.25) is 0 Å². The fourth-order valence-electron chi connectivity index (χ4n) is 4.25. The van der Waals surface area contributed by atoms with E-state index >= 15 is 0 Å². The summed E-state index contributed by atoms with van der Waals surface area (Å²) in [5, 5.41) is 0. The molecule has 0 amide bonds. The highest BCUT2D eigenvalue weighted by Crippen LogP contribution is 2.31. The molecular formula is C18H29N3. The normalized spacial score (nSPS) is 30.6. The number of hydrogen-bond donors (Lipinski definition) is 1. The molecule has 0 aromatic heterocycles. The summed E-state index contributed by atoms with van der Waals surface area (Å²) in [6.45, 7) is 6.81. The second-order valence-electron chi connectivity index (χ2n) is 7.26. The molecule has 0 saturated carbocycles. The number of hydrogen-bond acceptors (Lipinski definition) is 3. The molecule has 1 aromatic carbocycles. The minimum Gasteiger partial charge on any atom is -0.321 e. The molecule has 116 valence electrons. The Labute approximate surface area is 129 Å². The number of piperidine rings is 2. The van der Waals surface area contributed by atoms with Crippen molar-refractivity contribution in [2.75, 3.05) is 33.2 Å². The van der Waals surface area contributed by atoms with Crippen molar-refractivity contribution in [3.05, 3.63) is 35.9 Å². The van der Waals surface area contributed by atoms with Gasteiger partial charge in [0.05, 0.1) is 5.54 Å². The Bertz CT molecular complexity index is 457. The zero-order valence-electron chi connectivity index (χ0n) is 13.5. The minimum absolute atomic E-state index is 0.255. The molecule has 1 aromatic rings. The zero-order chi connectivity index (χ0) is 14.9. The average Bonchev–Trinajstić information content (AvgIpc) is 2.48. The molecule has 2 aliphatic heterocycles. The summed E-state index contributed by atoms with van der Waals surface area (Å²) in [5.74, 6) is 0.837. The third-order valence-corrected chi connectivity index (χ3v) is 5.42. The molecule has 3 unspecified atom stereocenters. The first kappa shape index (κ1) is 15.0. The van der Waals surface area contributed by atoms with Gasteiger partial charge in [0.25, 0.3) is 0 Å². The predicted molar refractivity (Wildman–Crippen MR) is 88.2 cm³/mol. The minimum atomic E-state index is -0.255. The summed E-state index contributed by atoms with van der Waals surface area (Å²) in [4.78, 5) is 5.16. The van der Waals surface area contributed by atoms with Crippen LogP contribution in [-0.2, 0) is 5.54 Å². The molecule has 3 atom stereocenters. The van der Waals surface area contributed by atoms with Crippen LogP contribution in [0.1, 0.15) is 31.7 Å². The van der Waals surface area contributed by atoms with Crippen molar-refractivity contribution < 1.29 is 0 Å². The molecule has 2 aliphatic rings. The predicted octanol–water partition coefficient (Wildman–Crippen LogP) is 2.28. The van der Waals surface area contributed by atoms with E-state index in [4.69, 9.17) is 5.73 Å². The van der Waals surface area contributed by atoms with Crippen LogP contribution < -0.4 is 5.73 Å². The van der Waals surface area contributed by atoms with E-state index in [0.29, 0.717) is 0 Å². The van der Waals surface area contributed by atoms with Gasteiger partial charge in [0.15, 0.2) is 0 Å². The van der Waals surface area contributed by atoms with Gasteiger partial charge in [-0.2, -0.15) is 0 Å². The quantitative estimate of drug-likeness (QED) is 0.926. The van der Waals surface area contributed by atoms with Crippen LogP contribution in [0.4, 0.5) is 0 Å². The van der Waals surface area contributed by atoms with E-state index in [-0.39, 0.29) is 5.54 Å². The van der Waals surface area contributed by atoms with Gasteiger partial charge in [0.1, 0.15) is 0 Å². The van der Waals surface area contributed by atoms with E-state index < -0.39 is 0 Å². The molecule has 0 radical (unpaired) electrons. The monoisotopic (exact) mass is 287 g/mol. The molecule has 3 rings (SSSR count). The molecule has 0 aliphatic carbocycles. The zero-order valence-corrected chi connectivity index (χ0v) is 13.5. The van der Waals surface area contributed by atoms with Crippen LogP contribution in [0.15, 0.2) is 30.3 Å². The van der Waals surface area contributed by atoms with Crippen LogP contribution in [0.5, 0.6) is 0 Å². The lowest BCUT2D eigenvalue weighted by Gasteiger charge is -2.47. The van der Waals surface area contributed by atoms with Crippen LogP contribution in [0.2, 0.25) is 0 Å². The first-order valence-corrected chi connectivity index (χ1v) is 8.33. The summed E-state index contributed by atoms with van der Waals surface area (Å²) in [6.07, 6.45) is 4.04. The highest BCUT2D eigenvalue weighted by atomic mass is 15.2. The molecule has 2 fully saturated rings. The van der Waals surface area contributed by atoms with Gasteiger partial charge in [-0.15, -0.1) is 0 Å². The fraction of sp³-hybridized carbons (Fsp3) is 0.667. The summed E-state index contributed by atoms with van der Waals surface area (Å²) in [7, 11) is 2.30. The van der Waals surface area contributed by atoms with Gasteiger partial charge in [0, 0.05) is 19.1 Å². The number of fused-ring (bicyclic) bond motifs is 1. The smallest absolute Gasteiger partial charge is 0.0509 e. The Morgan fingerprint density at radius 1 is 1.19 bits per heavy atom. The van der Waals surface area contributed by atoms with Crippen LogP contribution >= 0.6 is 0 Å². The second kappa shape index (κ2) is 6.07. The molecule has 0 bridgehead atoms. The van der Waals surface area contributed by atoms with E-state index in [2.05, 4.69) is 54.1 Å². The Morgan fingerprint density at radius 2 is 1.95 bits per heavy atom. The van der Waals surface area contributed by atoms with Crippen molar-refractivity contribution in [1.82, 2.24) is 9.80 Å². The standard InChI is InChI=1S/C18H29N3/c1-18(19,16-8-4-3-5-9-16)14-21-12-10-17-15(13-21)7-6-11-20(17)2/h3-5,8-9,15,17H,6-7,10-14,19H2,1-2H3. The Hall–Kier alpha value is -0.900. The highest BCUT2D eigenvalue weighted by molar-refractivity contribution is 5.23. The molecular weight excluding hydrogens is 258 g/mol. The van der Waals surface area contributed by atoms with Gasteiger partial charge < -0.3 is 15.5 Å². The van der Waals surface area contributed by atoms with Crippen LogP contribution in [0.3, 0.4) is 0 Å². The molecule has 0 spiro atoms. The topological polar surface area (TPSA) is 32.5 Å². The largest absolute Gasteiger partial charge is 0.321 e. The molecule has 2 heterocycles. The molecule has 21 heavy (non-hydrogen) atoms. The van der Waals surface area contributed by atoms with E-state index in [1.54, 1.807) is 0 Å². The molecule has 2 saturated heterocycles. The van der Waals surface area contributed by atoms with Gasteiger partial charge >= 0.3 is 0 Å². The fourth-order valence-corrected chi connectivity index (χ4v) is 4.25. The number of nitrogens with zero attached hydrogens (tertiary/aromatic N) is 2. The van der Waals surface area contributed by atoms with Crippen LogP contribution in [-0.4, -0.2) is 49.1 Å². The van der Waals surface area contributed by atoms with E-state index in [0.717, 1.165) is 18.5 Å². The Balaban J connectivity index is 1.64. The van der Waals surface area contributed by atoms with Gasteiger partial charge in [-0.1, -0.05) is 30.3 Å². The van der Waals surface area contributed by atoms with Crippen LogP contribution in [0.25, 0.3) is 0 Å². The third-order valence-electron chi connectivity index (χ3n) is 5.42. The number of nitrogens with two attached hydrogens (primary N) is 1. The van der Waals surface area contributed by atoms with E-state index in [9.17, 15) is 0 Å². The number of rotatable bonds is 3. The SMILES string of the molecule is CN1CCCC2CN(CC(C)(N)c3ccccc3)CCC21. The summed E-state index contributed by atoms with van der Waals surface area (Å²) in [6, 6.07) is 11.3. The van der Waals surface area contributed by atoms with Gasteiger partial charge in [-0.05, 0) is 57.8 Å². The van der Waals surface area contributed by atoms with Crippen molar-refractivity contribution in [3.8, 4) is 0 Å². The maximum absolute atomic E-state index is 6.61. The summed E-state index contributed by atoms with van der Waals surface area (Å²) < 4.78 is 0. The number of likely N-dealkylation sites (tertiary alicyclic amines) is 2. The van der Waals surface area contributed by atoms with Crippen molar-refractivity contribution in [2.24, 2.45) is 11.7 Å². The van der Waals surface area contributed by atoms with Crippen molar-refractivity contribution in [3.63, 3.8) is 0 Å². The first-order valence-electron chi connectivity index (χ1n) is 8.33. The average molecular weight is 287 g/mol. The van der Waals surface area contributed by atoms with Crippen molar-refractivity contribution in [1.29, 1.82) is 0 Å². The van der Waals surface area contributed by atoms with Gasteiger partial charge in [-0.25, -0.2) is 0 Å². The lowest BCUT2D eigenvalue weighted by Crippen LogP contribution is -2.55. The maximum atomic E-state index is 6.61. The summed E-state index contributed by atoms with van der Waals surface area (Å²) in [5.41, 5.74) is 7.60. The second-order valence-corrected chi connectivity index (χ2v) is 7.26. The lowest BCUT2D eigenvalue weighted by atomic mass is 9.83. The first-order chi connectivity index (χ1) is 10.1. The number of benzene rings is 1. The Kier molecular flexibility index (Phi) is 4.34. The molecule has 2 N–H and O–H groups in total. The van der Waals surface area contributed by atoms with Gasteiger partial charge in [0.2, 0.25) is 0 Å². The van der Waals surface area contributed by atoms with Crippen molar-refractivity contribution >= 4 is 0 Å². The van der Waals surface area contributed by atoms with Crippen LogP contribution in [0, 0.1) is 5.92 Å². The highest BCUT2D eigenvalue weighted by Gasteiger charge is 2.36. The lowest BCUT2D eigenvalue weighted by molar-refractivity contribution is 0.0306. The third kappa shape index (κ3) is 3.31. The van der Waals surface area contributed by atoms with E-state index in [1.807, 2.05) is 0 Å². The molecule has 3 nitrogen and oxygen atoms in total. The van der Waals surface area contributed by atoms with E-state index in [1.165, 1.54) is 44.5 Å². The summed E-state index contributed by atoms with van der Waals surface area (Å²) >= 11 is 0. The maximum Gasteiger partial charge on any atom is 0.0509 e. The van der Waals surface area contributed by atoms with Crippen molar-refractivity contribution in [2.45, 2.75) is 37.8 Å². The molecule has 3 heteroatoms. The Morgan fingerprint density at radius 3 is 2.71 bits per heavy atom.